The smallest absolute Gasteiger partial charge is 0.253 e. The molecule has 2 heterocycles. The molecule has 2 atom stereocenters. The van der Waals surface area contributed by atoms with Crippen LogP contribution < -0.4 is 17.0 Å². The molecule has 2 aromatic heterocycles. The summed E-state index contributed by atoms with van der Waals surface area (Å²) in [5, 5.41) is 0.362. The molecule has 0 bridgehead atoms. The lowest BCUT2D eigenvalue weighted by Crippen LogP contribution is -2.26. The number of nitrogens with two attached hydrogens (primary N) is 2. The number of hydrogen-bond acceptors (Lipinski definition) is 6. The molecule has 0 aromatic carbocycles. The van der Waals surface area contributed by atoms with Crippen LogP contribution in [0.2, 0.25) is 0 Å². The third-order valence-corrected chi connectivity index (χ3v) is 4.08. The quantitative estimate of drug-likeness (QED) is 0.566. The Morgan fingerprint density at radius 2 is 2.25 bits per heavy atom. The molecule has 0 aliphatic rings. The summed E-state index contributed by atoms with van der Waals surface area (Å²) < 4.78 is 0. The summed E-state index contributed by atoms with van der Waals surface area (Å²) in [7, 11) is 0. The molecule has 6 nitrogen and oxygen atoms in total. The topological polar surface area (TPSA) is 111 Å². The summed E-state index contributed by atoms with van der Waals surface area (Å²) in [6, 6.07) is 6.83. The maximum Gasteiger partial charge on any atom is 0.253 e. The predicted molar refractivity (Wildman–Crippen MR) is 80.4 cm³/mol. The number of nitrogen functional groups attached to an aromatic ring is 1. The number of rotatable bonds is 5. The van der Waals surface area contributed by atoms with Gasteiger partial charge >= 0.3 is 0 Å². The van der Waals surface area contributed by atoms with Crippen molar-refractivity contribution in [3.05, 3.63) is 46.5 Å². The Kier molecular flexibility index (Phi) is 4.75. The Morgan fingerprint density at radius 1 is 1.45 bits per heavy atom. The van der Waals surface area contributed by atoms with Crippen LogP contribution in [0.15, 0.2) is 40.4 Å². The molecule has 5 N–H and O–H groups in total. The van der Waals surface area contributed by atoms with Crippen molar-refractivity contribution in [2.75, 3.05) is 5.73 Å². The van der Waals surface area contributed by atoms with Gasteiger partial charge in [0, 0.05) is 18.3 Å². The normalized spacial score (nSPS) is 13.9. The van der Waals surface area contributed by atoms with Crippen LogP contribution in [0.5, 0.6) is 0 Å². The van der Waals surface area contributed by atoms with Crippen molar-refractivity contribution in [3.63, 3.8) is 0 Å². The Morgan fingerprint density at radius 3 is 2.85 bits per heavy atom. The molecule has 0 amide bonds. The average Bonchev–Trinajstić information content (AvgIpc) is 2.44. The van der Waals surface area contributed by atoms with E-state index in [9.17, 15) is 4.79 Å². The molecule has 2 aromatic rings. The molecule has 2 rings (SSSR count). The summed E-state index contributed by atoms with van der Waals surface area (Å²) in [5.74, 6) is 0.195. The minimum absolute atomic E-state index is 0.0915. The first-order valence-electron chi connectivity index (χ1n) is 6.30. The fraction of sp³-hybridized carbons (Fsp3) is 0.308. The first kappa shape index (κ1) is 14.5. The van der Waals surface area contributed by atoms with Crippen LogP contribution in [0.1, 0.15) is 24.3 Å². The van der Waals surface area contributed by atoms with Gasteiger partial charge in [-0.2, -0.15) is 0 Å². The van der Waals surface area contributed by atoms with Crippen molar-refractivity contribution in [1.29, 1.82) is 0 Å². The SMILES string of the molecule is CCC(N)C(Sc1nc(N)cc(=O)[nH]1)c1ccccn1. The van der Waals surface area contributed by atoms with Gasteiger partial charge in [0.25, 0.3) is 5.56 Å². The van der Waals surface area contributed by atoms with Gasteiger partial charge in [-0.05, 0) is 18.6 Å². The maximum atomic E-state index is 11.4. The third-order valence-electron chi connectivity index (χ3n) is 2.82. The number of thioether (sulfide) groups is 1. The second-order valence-corrected chi connectivity index (χ2v) is 5.47. The summed E-state index contributed by atoms with van der Waals surface area (Å²) in [6.07, 6.45) is 2.52. The van der Waals surface area contributed by atoms with Gasteiger partial charge in [-0.3, -0.25) is 9.78 Å². The lowest BCUT2D eigenvalue weighted by Gasteiger charge is -2.21. The first-order chi connectivity index (χ1) is 9.60. The van der Waals surface area contributed by atoms with Crippen LogP contribution in [0.4, 0.5) is 5.82 Å². The molecule has 0 spiro atoms. The Bertz CT molecular complexity index is 616. The zero-order chi connectivity index (χ0) is 14.5. The molecule has 0 radical (unpaired) electrons. The van der Waals surface area contributed by atoms with Crippen LogP contribution in [0.25, 0.3) is 0 Å². The Hall–Kier alpha value is -1.86. The highest BCUT2D eigenvalue weighted by atomic mass is 32.2. The lowest BCUT2D eigenvalue weighted by molar-refractivity contribution is 0.622. The van der Waals surface area contributed by atoms with E-state index in [1.807, 2.05) is 25.1 Å². The van der Waals surface area contributed by atoms with Gasteiger partial charge in [0.2, 0.25) is 0 Å². The molecule has 0 fully saturated rings. The molecular formula is C13H17N5OS. The van der Waals surface area contributed by atoms with Gasteiger partial charge in [-0.15, -0.1) is 0 Å². The fourth-order valence-electron chi connectivity index (χ4n) is 1.75. The highest BCUT2D eigenvalue weighted by Gasteiger charge is 2.22. The zero-order valence-electron chi connectivity index (χ0n) is 11.1. The van der Waals surface area contributed by atoms with Crippen molar-refractivity contribution in [2.45, 2.75) is 29.8 Å². The molecule has 2 unspecified atom stereocenters. The van der Waals surface area contributed by atoms with Crippen molar-refractivity contribution < 1.29 is 0 Å². The Balaban J connectivity index is 2.31. The maximum absolute atomic E-state index is 11.4. The monoisotopic (exact) mass is 291 g/mol. The van der Waals surface area contributed by atoms with Crippen LogP contribution >= 0.6 is 11.8 Å². The van der Waals surface area contributed by atoms with Gasteiger partial charge in [-0.25, -0.2) is 4.98 Å². The van der Waals surface area contributed by atoms with Crippen LogP contribution in [-0.4, -0.2) is 21.0 Å². The molecular weight excluding hydrogens is 274 g/mol. The fourth-order valence-corrected chi connectivity index (χ4v) is 2.94. The van der Waals surface area contributed by atoms with E-state index in [1.165, 1.54) is 17.8 Å². The molecule has 106 valence electrons. The predicted octanol–water partition coefficient (Wildman–Crippen LogP) is 1.32. The van der Waals surface area contributed by atoms with Crippen molar-refractivity contribution in [3.8, 4) is 0 Å². The number of nitrogens with one attached hydrogen (secondary N) is 1. The number of aromatic amines is 1. The van der Waals surface area contributed by atoms with Gasteiger partial charge in [0.15, 0.2) is 5.16 Å². The van der Waals surface area contributed by atoms with E-state index in [-0.39, 0.29) is 22.7 Å². The van der Waals surface area contributed by atoms with Crippen LogP contribution in [0, 0.1) is 0 Å². The number of nitrogens with zero attached hydrogens (tertiary/aromatic N) is 2. The number of pyridine rings is 1. The minimum atomic E-state index is -0.273. The van der Waals surface area contributed by atoms with E-state index in [0.29, 0.717) is 5.16 Å². The number of H-pyrrole nitrogens is 1. The van der Waals surface area contributed by atoms with Gasteiger partial charge in [0.05, 0.1) is 10.9 Å². The molecule has 0 aliphatic carbocycles. The lowest BCUT2D eigenvalue weighted by atomic mass is 10.1. The van der Waals surface area contributed by atoms with E-state index in [2.05, 4.69) is 15.0 Å². The minimum Gasteiger partial charge on any atom is -0.383 e. The zero-order valence-corrected chi connectivity index (χ0v) is 11.9. The average molecular weight is 291 g/mol. The molecule has 7 heteroatoms. The van der Waals surface area contributed by atoms with Crippen LogP contribution in [-0.2, 0) is 0 Å². The standard InChI is InChI=1S/C13H17N5OS/c1-2-8(14)12(9-5-3-4-6-16-9)20-13-17-10(15)7-11(19)18-13/h3-8,12H,2,14H2,1H3,(H3,15,17,18,19). The number of aromatic nitrogens is 3. The van der Waals surface area contributed by atoms with E-state index in [0.717, 1.165) is 12.1 Å². The number of anilines is 1. The van der Waals surface area contributed by atoms with Crippen molar-refractivity contribution >= 4 is 17.6 Å². The van der Waals surface area contributed by atoms with Gasteiger partial charge in [0.1, 0.15) is 5.82 Å². The van der Waals surface area contributed by atoms with E-state index in [1.54, 1.807) is 6.20 Å². The van der Waals surface area contributed by atoms with E-state index >= 15 is 0 Å². The molecule has 0 saturated carbocycles. The summed E-state index contributed by atoms with van der Waals surface area (Å²) >= 11 is 1.37. The highest BCUT2D eigenvalue weighted by molar-refractivity contribution is 7.99. The van der Waals surface area contributed by atoms with Crippen LogP contribution in [0.3, 0.4) is 0 Å². The van der Waals surface area contributed by atoms with E-state index < -0.39 is 0 Å². The first-order valence-corrected chi connectivity index (χ1v) is 7.18. The second kappa shape index (κ2) is 6.53. The Labute approximate surface area is 121 Å². The second-order valence-electron chi connectivity index (χ2n) is 4.34. The van der Waals surface area contributed by atoms with Crippen molar-refractivity contribution in [1.82, 2.24) is 15.0 Å². The summed E-state index contributed by atoms with van der Waals surface area (Å²) in [5.41, 5.74) is 12.3. The van der Waals surface area contributed by atoms with Gasteiger partial charge in [-0.1, -0.05) is 24.8 Å². The molecule has 0 aliphatic heterocycles. The highest BCUT2D eigenvalue weighted by Crippen LogP contribution is 2.35. The van der Waals surface area contributed by atoms with Gasteiger partial charge < -0.3 is 16.5 Å². The summed E-state index contributed by atoms with van der Waals surface area (Å²) in [4.78, 5) is 22.5. The number of hydrogen-bond donors (Lipinski definition) is 3. The largest absolute Gasteiger partial charge is 0.383 e. The summed E-state index contributed by atoms with van der Waals surface area (Å²) in [6.45, 7) is 2.01. The third kappa shape index (κ3) is 3.58. The van der Waals surface area contributed by atoms with E-state index in [4.69, 9.17) is 11.5 Å². The molecule has 0 saturated heterocycles. The van der Waals surface area contributed by atoms with Crippen molar-refractivity contribution in [2.24, 2.45) is 5.73 Å². The molecule has 20 heavy (non-hydrogen) atoms.